The smallest absolute Gasteiger partial charge is 0.243 e. The summed E-state index contributed by atoms with van der Waals surface area (Å²) in [5.74, 6) is 0.498. The molecule has 2 aromatic rings. The van der Waals surface area contributed by atoms with Gasteiger partial charge in [0.2, 0.25) is 11.8 Å². The van der Waals surface area contributed by atoms with Gasteiger partial charge in [-0.1, -0.05) is 30.3 Å². The number of nitrogens with one attached hydrogen (secondary N) is 2. The van der Waals surface area contributed by atoms with Gasteiger partial charge in [0, 0.05) is 31.9 Å². The number of para-hydroxylation sites is 3. The SMILES string of the molecule is COc1ccccc1N1CCN([C@H](C)C(=O)NCC(=O)Nc2c(C)cccc2C)CC1. The summed E-state index contributed by atoms with van der Waals surface area (Å²) in [5.41, 5.74) is 3.88. The van der Waals surface area contributed by atoms with Gasteiger partial charge in [0.05, 0.1) is 25.4 Å². The Morgan fingerprint density at radius 1 is 1.00 bits per heavy atom. The number of rotatable bonds is 7. The third-order valence-corrected chi connectivity index (χ3v) is 5.84. The van der Waals surface area contributed by atoms with E-state index in [4.69, 9.17) is 4.74 Å². The molecule has 7 nitrogen and oxygen atoms in total. The first-order chi connectivity index (χ1) is 14.9. The number of methoxy groups -OCH3 is 1. The Balaban J connectivity index is 1.48. The van der Waals surface area contributed by atoms with Gasteiger partial charge in [0.15, 0.2) is 0 Å². The predicted octanol–water partition coefficient (Wildman–Crippen LogP) is 2.58. The lowest BCUT2D eigenvalue weighted by molar-refractivity contribution is -0.128. The fourth-order valence-corrected chi connectivity index (χ4v) is 3.92. The van der Waals surface area contributed by atoms with Crippen LogP contribution < -0.4 is 20.3 Å². The number of anilines is 2. The standard InChI is InChI=1S/C24H32N4O3/c1-17-8-7-9-18(2)23(17)26-22(29)16-25-24(30)19(3)27-12-14-28(15-13-27)20-10-5-6-11-21(20)31-4/h5-11,19H,12-16H2,1-4H3,(H,25,30)(H,26,29)/t19-/m1/s1. The Labute approximate surface area is 184 Å². The maximum Gasteiger partial charge on any atom is 0.243 e. The Hall–Kier alpha value is -3.06. The number of benzene rings is 2. The van der Waals surface area contributed by atoms with Crippen molar-refractivity contribution in [2.24, 2.45) is 0 Å². The first kappa shape index (κ1) is 22.6. The minimum absolute atomic E-state index is 0.0435. The van der Waals surface area contributed by atoms with Crippen LogP contribution in [0.1, 0.15) is 18.1 Å². The summed E-state index contributed by atoms with van der Waals surface area (Å²) < 4.78 is 5.47. The fraction of sp³-hybridized carbons (Fsp3) is 0.417. The van der Waals surface area contributed by atoms with E-state index in [1.807, 2.05) is 57.2 Å². The molecule has 1 aliphatic rings. The topological polar surface area (TPSA) is 73.9 Å². The number of aryl methyl sites for hydroxylation is 2. The molecule has 2 aromatic carbocycles. The van der Waals surface area contributed by atoms with Gasteiger partial charge in [0.1, 0.15) is 5.75 Å². The van der Waals surface area contributed by atoms with Crippen LogP contribution in [-0.4, -0.2) is 62.6 Å². The van der Waals surface area contributed by atoms with Gasteiger partial charge < -0.3 is 20.3 Å². The fourth-order valence-electron chi connectivity index (χ4n) is 3.92. The summed E-state index contributed by atoms with van der Waals surface area (Å²) in [6, 6.07) is 13.5. The highest BCUT2D eigenvalue weighted by atomic mass is 16.5. The van der Waals surface area contributed by atoms with Crippen LogP contribution in [0, 0.1) is 13.8 Å². The number of amides is 2. The second-order valence-electron chi connectivity index (χ2n) is 7.90. The number of ether oxygens (including phenoxy) is 1. The van der Waals surface area contributed by atoms with Crippen LogP contribution in [0.4, 0.5) is 11.4 Å². The van der Waals surface area contributed by atoms with Crippen molar-refractivity contribution in [1.29, 1.82) is 0 Å². The van der Waals surface area contributed by atoms with Crippen molar-refractivity contribution in [2.45, 2.75) is 26.8 Å². The molecule has 1 saturated heterocycles. The van der Waals surface area contributed by atoms with Gasteiger partial charge >= 0.3 is 0 Å². The molecule has 1 fully saturated rings. The van der Waals surface area contributed by atoms with Crippen LogP contribution in [0.2, 0.25) is 0 Å². The molecule has 3 rings (SSSR count). The van der Waals surface area contributed by atoms with Crippen molar-refractivity contribution in [1.82, 2.24) is 10.2 Å². The molecule has 1 atom stereocenters. The Morgan fingerprint density at radius 2 is 1.65 bits per heavy atom. The van der Waals surface area contributed by atoms with E-state index in [0.29, 0.717) is 0 Å². The molecule has 31 heavy (non-hydrogen) atoms. The van der Waals surface area contributed by atoms with Gasteiger partial charge in [-0.15, -0.1) is 0 Å². The number of carbonyl (C=O) groups is 2. The van der Waals surface area contributed by atoms with E-state index in [0.717, 1.165) is 54.4 Å². The van der Waals surface area contributed by atoms with Gasteiger partial charge in [-0.2, -0.15) is 0 Å². The van der Waals surface area contributed by atoms with E-state index in [2.05, 4.69) is 26.5 Å². The maximum absolute atomic E-state index is 12.6. The van der Waals surface area contributed by atoms with Crippen LogP contribution in [0.15, 0.2) is 42.5 Å². The summed E-state index contributed by atoms with van der Waals surface area (Å²) in [6.45, 7) is 8.90. The zero-order chi connectivity index (χ0) is 22.4. The molecule has 166 valence electrons. The lowest BCUT2D eigenvalue weighted by Crippen LogP contribution is -2.54. The minimum atomic E-state index is -0.298. The zero-order valence-electron chi connectivity index (χ0n) is 18.8. The largest absolute Gasteiger partial charge is 0.495 e. The summed E-state index contributed by atoms with van der Waals surface area (Å²) >= 11 is 0. The number of piperazine rings is 1. The maximum atomic E-state index is 12.6. The van der Waals surface area contributed by atoms with Crippen LogP contribution in [0.5, 0.6) is 5.75 Å². The molecule has 0 bridgehead atoms. The molecule has 0 aromatic heterocycles. The van der Waals surface area contributed by atoms with Crippen molar-refractivity contribution < 1.29 is 14.3 Å². The average Bonchev–Trinajstić information content (AvgIpc) is 2.79. The van der Waals surface area contributed by atoms with E-state index in [9.17, 15) is 9.59 Å². The van der Waals surface area contributed by atoms with Crippen LogP contribution in [0.3, 0.4) is 0 Å². The first-order valence-corrected chi connectivity index (χ1v) is 10.7. The minimum Gasteiger partial charge on any atom is -0.495 e. The Kier molecular flexibility index (Phi) is 7.52. The van der Waals surface area contributed by atoms with Crippen LogP contribution in [-0.2, 0) is 9.59 Å². The number of hydrogen-bond acceptors (Lipinski definition) is 5. The molecule has 2 N–H and O–H groups in total. The lowest BCUT2D eigenvalue weighted by atomic mass is 10.1. The second-order valence-corrected chi connectivity index (χ2v) is 7.90. The summed E-state index contributed by atoms with van der Waals surface area (Å²) in [5, 5.41) is 5.67. The quantitative estimate of drug-likeness (QED) is 0.715. The van der Waals surface area contributed by atoms with E-state index in [-0.39, 0.29) is 24.4 Å². The normalized spacial score (nSPS) is 15.3. The van der Waals surface area contributed by atoms with E-state index >= 15 is 0 Å². The summed E-state index contributed by atoms with van der Waals surface area (Å²) in [4.78, 5) is 29.4. The van der Waals surface area contributed by atoms with Gasteiger partial charge in [0.25, 0.3) is 0 Å². The monoisotopic (exact) mass is 424 g/mol. The molecule has 1 aliphatic heterocycles. The summed E-state index contributed by atoms with van der Waals surface area (Å²) in [7, 11) is 1.68. The molecular formula is C24H32N4O3. The van der Waals surface area contributed by atoms with Crippen molar-refractivity contribution in [3.63, 3.8) is 0 Å². The number of carbonyl (C=O) groups excluding carboxylic acids is 2. The number of nitrogens with zero attached hydrogens (tertiary/aromatic N) is 2. The van der Waals surface area contributed by atoms with E-state index in [1.165, 1.54) is 0 Å². The van der Waals surface area contributed by atoms with E-state index in [1.54, 1.807) is 7.11 Å². The van der Waals surface area contributed by atoms with Crippen LogP contribution in [0.25, 0.3) is 0 Å². The van der Waals surface area contributed by atoms with Gasteiger partial charge in [-0.3, -0.25) is 14.5 Å². The zero-order valence-corrected chi connectivity index (χ0v) is 18.8. The Morgan fingerprint density at radius 3 is 2.29 bits per heavy atom. The lowest BCUT2D eigenvalue weighted by Gasteiger charge is -2.38. The molecule has 0 saturated carbocycles. The highest BCUT2D eigenvalue weighted by molar-refractivity contribution is 5.96. The molecule has 0 radical (unpaired) electrons. The van der Waals surface area contributed by atoms with Gasteiger partial charge in [-0.25, -0.2) is 0 Å². The molecule has 7 heteroatoms. The third kappa shape index (κ3) is 5.55. The Bertz CT molecular complexity index is 903. The molecule has 1 heterocycles. The number of hydrogen-bond donors (Lipinski definition) is 2. The molecule has 0 unspecified atom stereocenters. The highest BCUT2D eigenvalue weighted by Crippen LogP contribution is 2.28. The van der Waals surface area contributed by atoms with Gasteiger partial charge in [-0.05, 0) is 44.0 Å². The van der Waals surface area contributed by atoms with Crippen molar-refractivity contribution >= 4 is 23.2 Å². The molecule has 2 amide bonds. The second kappa shape index (κ2) is 10.3. The molecule has 0 aliphatic carbocycles. The predicted molar refractivity (Wildman–Crippen MR) is 124 cm³/mol. The highest BCUT2D eigenvalue weighted by Gasteiger charge is 2.26. The first-order valence-electron chi connectivity index (χ1n) is 10.7. The molecular weight excluding hydrogens is 392 g/mol. The molecule has 0 spiro atoms. The third-order valence-electron chi connectivity index (χ3n) is 5.84. The van der Waals surface area contributed by atoms with Crippen LogP contribution >= 0.6 is 0 Å². The van der Waals surface area contributed by atoms with Crippen molar-refractivity contribution in [3.05, 3.63) is 53.6 Å². The summed E-state index contributed by atoms with van der Waals surface area (Å²) in [6.07, 6.45) is 0. The van der Waals surface area contributed by atoms with E-state index < -0.39 is 0 Å². The van der Waals surface area contributed by atoms with Crippen molar-refractivity contribution in [2.75, 3.05) is 50.1 Å². The average molecular weight is 425 g/mol. The van der Waals surface area contributed by atoms with Crippen molar-refractivity contribution in [3.8, 4) is 5.75 Å².